The fourth-order valence-electron chi connectivity index (χ4n) is 5.09. The van der Waals surface area contributed by atoms with Crippen molar-refractivity contribution in [1.29, 1.82) is 0 Å². The lowest BCUT2D eigenvalue weighted by molar-refractivity contribution is 0.142. The van der Waals surface area contributed by atoms with Gasteiger partial charge in [-0.25, -0.2) is 12.7 Å². The van der Waals surface area contributed by atoms with Gasteiger partial charge in [0.2, 0.25) is 10.0 Å². The minimum atomic E-state index is -3.58. The van der Waals surface area contributed by atoms with Gasteiger partial charge in [0.15, 0.2) is 0 Å². The summed E-state index contributed by atoms with van der Waals surface area (Å²) in [6, 6.07) is 25.2. The van der Waals surface area contributed by atoms with Crippen molar-refractivity contribution in [3.8, 4) is 5.75 Å². The summed E-state index contributed by atoms with van der Waals surface area (Å²) in [5, 5.41) is 0.667. The molecular weight excluding hydrogens is 492 g/mol. The molecule has 4 rings (SSSR count). The zero-order valence-electron chi connectivity index (χ0n) is 21.0. The molecule has 2 atom stereocenters. The van der Waals surface area contributed by atoms with E-state index in [-0.39, 0.29) is 5.92 Å². The van der Waals surface area contributed by atoms with Gasteiger partial charge in [-0.1, -0.05) is 60.5 Å². The van der Waals surface area contributed by atoms with E-state index in [1.54, 1.807) is 38.4 Å². The third-order valence-electron chi connectivity index (χ3n) is 7.13. The van der Waals surface area contributed by atoms with Crippen LogP contribution in [0.3, 0.4) is 0 Å². The van der Waals surface area contributed by atoms with Crippen LogP contribution in [0.15, 0.2) is 83.8 Å². The van der Waals surface area contributed by atoms with Crippen molar-refractivity contribution in [2.45, 2.75) is 42.5 Å². The van der Waals surface area contributed by atoms with E-state index >= 15 is 0 Å². The first kappa shape index (κ1) is 26.7. The van der Waals surface area contributed by atoms with E-state index < -0.39 is 10.0 Å². The van der Waals surface area contributed by atoms with Crippen LogP contribution >= 0.6 is 11.6 Å². The molecule has 3 aromatic rings. The maximum Gasteiger partial charge on any atom is 0.242 e. The summed E-state index contributed by atoms with van der Waals surface area (Å²) in [6.45, 7) is 2.31. The highest BCUT2D eigenvalue weighted by atomic mass is 35.5. The standard InChI is InChI=1S/C29H35ClN2O3S/c1-31(36(33,34)28-11-4-3-5-12-28)22-25(24-9-8-10-26(30)21-24)18-20-32-19-7-6-13-29(32)23-14-16-27(35-2)17-15-23/h3-5,8-12,14-17,21,25,29H,6-7,13,18-20,22H2,1-2H3. The van der Waals surface area contributed by atoms with E-state index in [4.69, 9.17) is 16.3 Å². The quantitative estimate of drug-likeness (QED) is 0.308. The molecule has 0 N–H and O–H groups in total. The first-order valence-electron chi connectivity index (χ1n) is 12.5. The van der Waals surface area contributed by atoms with Crippen molar-refractivity contribution in [1.82, 2.24) is 9.21 Å². The van der Waals surface area contributed by atoms with Gasteiger partial charge in [-0.3, -0.25) is 4.90 Å². The van der Waals surface area contributed by atoms with E-state index in [1.165, 1.54) is 22.7 Å². The van der Waals surface area contributed by atoms with Gasteiger partial charge in [0.25, 0.3) is 0 Å². The highest BCUT2D eigenvalue weighted by Crippen LogP contribution is 2.34. The smallest absolute Gasteiger partial charge is 0.242 e. The van der Waals surface area contributed by atoms with E-state index in [0.29, 0.717) is 22.5 Å². The second-order valence-electron chi connectivity index (χ2n) is 9.46. The van der Waals surface area contributed by atoms with Crippen LogP contribution in [0.1, 0.15) is 48.8 Å². The molecule has 1 aliphatic heterocycles. The number of ether oxygens (including phenoxy) is 1. The summed E-state index contributed by atoms with van der Waals surface area (Å²) in [4.78, 5) is 2.86. The molecule has 3 aromatic carbocycles. The molecule has 0 bridgehead atoms. The van der Waals surface area contributed by atoms with Crippen molar-refractivity contribution in [3.05, 3.63) is 95.0 Å². The van der Waals surface area contributed by atoms with E-state index in [9.17, 15) is 8.42 Å². The van der Waals surface area contributed by atoms with Gasteiger partial charge < -0.3 is 4.74 Å². The van der Waals surface area contributed by atoms with Gasteiger partial charge in [0.1, 0.15) is 5.75 Å². The number of rotatable bonds is 10. The SMILES string of the molecule is COc1ccc(C2CCCCN2CCC(CN(C)S(=O)(=O)c2ccccc2)c2cccc(Cl)c2)cc1. The molecule has 1 heterocycles. The van der Waals surface area contributed by atoms with Crippen LogP contribution in [0.5, 0.6) is 5.75 Å². The van der Waals surface area contributed by atoms with Crippen LogP contribution < -0.4 is 4.74 Å². The largest absolute Gasteiger partial charge is 0.497 e. The number of halogens is 1. The number of sulfonamides is 1. The first-order valence-corrected chi connectivity index (χ1v) is 14.3. The first-order chi connectivity index (χ1) is 17.4. The number of hydrogen-bond donors (Lipinski definition) is 0. The molecule has 36 heavy (non-hydrogen) atoms. The number of likely N-dealkylation sites (N-methyl/N-ethyl adjacent to an activating group) is 1. The van der Waals surface area contributed by atoms with Crippen molar-refractivity contribution in [2.24, 2.45) is 0 Å². The summed E-state index contributed by atoms with van der Waals surface area (Å²) in [5.74, 6) is 0.885. The van der Waals surface area contributed by atoms with Crippen LogP contribution in [0.4, 0.5) is 0 Å². The fraction of sp³-hybridized carbons (Fsp3) is 0.379. The normalized spacial score (nSPS) is 17.7. The lowest BCUT2D eigenvalue weighted by Gasteiger charge is -2.37. The predicted molar refractivity (Wildman–Crippen MR) is 146 cm³/mol. The van der Waals surface area contributed by atoms with Crippen LogP contribution in [0, 0.1) is 0 Å². The third kappa shape index (κ3) is 6.48. The second kappa shape index (κ2) is 12.2. The predicted octanol–water partition coefficient (Wildman–Crippen LogP) is 6.37. The average Bonchev–Trinajstić information content (AvgIpc) is 2.91. The minimum Gasteiger partial charge on any atom is -0.497 e. The highest BCUT2D eigenvalue weighted by molar-refractivity contribution is 7.89. The molecule has 192 valence electrons. The summed E-state index contributed by atoms with van der Waals surface area (Å²) >= 11 is 6.34. The Morgan fingerprint density at radius 1 is 1.03 bits per heavy atom. The number of hydrogen-bond acceptors (Lipinski definition) is 4. The molecule has 0 amide bonds. The van der Waals surface area contributed by atoms with Gasteiger partial charge >= 0.3 is 0 Å². The molecule has 0 aromatic heterocycles. The Bertz CT molecular complexity index is 1220. The highest BCUT2D eigenvalue weighted by Gasteiger charge is 2.28. The van der Waals surface area contributed by atoms with Crippen LogP contribution in [0.2, 0.25) is 5.02 Å². The number of nitrogens with zero attached hydrogens (tertiary/aromatic N) is 2. The lowest BCUT2D eigenvalue weighted by Crippen LogP contribution is -2.36. The summed E-state index contributed by atoms with van der Waals surface area (Å²) < 4.78 is 33.3. The topological polar surface area (TPSA) is 49.9 Å². The molecule has 1 aliphatic rings. The molecule has 1 saturated heterocycles. The van der Waals surface area contributed by atoms with Gasteiger partial charge in [0, 0.05) is 24.7 Å². The lowest BCUT2D eigenvalue weighted by atomic mass is 9.92. The van der Waals surface area contributed by atoms with Gasteiger partial charge in [-0.15, -0.1) is 0 Å². The third-order valence-corrected chi connectivity index (χ3v) is 9.20. The van der Waals surface area contributed by atoms with Crippen LogP contribution in [0.25, 0.3) is 0 Å². The van der Waals surface area contributed by atoms with Crippen molar-refractivity contribution in [3.63, 3.8) is 0 Å². The molecule has 2 unspecified atom stereocenters. The zero-order chi connectivity index (χ0) is 25.5. The maximum absolute atomic E-state index is 13.2. The van der Waals surface area contributed by atoms with Crippen molar-refractivity contribution in [2.75, 3.05) is 33.8 Å². The Balaban J connectivity index is 1.53. The van der Waals surface area contributed by atoms with E-state index in [1.807, 2.05) is 36.4 Å². The summed E-state index contributed by atoms with van der Waals surface area (Å²) in [7, 11) is -0.226. The van der Waals surface area contributed by atoms with Crippen LogP contribution in [-0.4, -0.2) is 51.4 Å². The molecule has 7 heteroatoms. The Morgan fingerprint density at radius 2 is 1.78 bits per heavy atom. The molecule has 5 nitrogen and oxygen atoms in total. The fourth-order valence-corrected chi connectivity index (χ4v) is 6.52. The molecule has 0 saturated carbocycles. The molecule has 1 fully saturated rings. The maximum atomic E-state index is 13.2. The minimum absolute atomic E-state index is 0.0191. The number of methoxy groups -OCH3 is 1. The molecule has 0 radical (unpaired) electrons. The second-order valence-corrected chi connectivity index (χ2v) is 11.9. The number of benzene rings is 3. The Labute approximate surface area is 220 Å². The molecular formula is C29H35ClN2O3S. The van der Waals surface area contributed by atoms with Gasteiger partial charge in [-0.05, 0) is 85.8 Å². The Kier molecular flexibility index (Phi) is 9.07. The number of likely N-dealkylation sites (tertiary alicyclic amines) is 1. The van der Waals surface area contributed by atoms with Gasteiger partial charge in [0.05, 0.1) is 12.0 Å². The van der Waals surface area contributed by atoms with E-state index in [0.717, 1.165) is 37.2 Å². The summed E-state index contributed by atoms with van der Waals surface area (Å²) in [6.07, 6.45) is 4.35. The summed E-state index contributed by atoms with van der Waals surface area (Å²) in [5.41, 5.74) is 2.37. The molecule has 0 aliphatic carbocycles. The zero-order valence-corrected chi connectivity index (χ0v) is 22.6. The molecule has 0 spiro atoms. The monoisotopic (exact) mass is 526 g/mol. The average molecular weight is 527 g/mol. The van der Waals surface area contributed by atoms with Gasteiger partial charge in [-0.2, -0.15) is 0 Å². The van der Waals surface area contributed by atoms with Crippen LogP contribution in [-0.2, 0) is 10.0 Å². The Hall–Kier alpha value is -2.38. The van der Waals surface area contributed by atoms with Crippen molar-refractivity contribution >= 4 is 21.6 Å². The number of piperidine rings is 1. The van der Waals surface area contributed by atoms with E-state index in [2.05, 4.69) is 23.1 Å². The van der Waals surface area contributed by atoms with Crippen molar-refractivity contribution < 1.29 is 13.2 Å². The Morgan fingerprint density at radius 3 is 2.47 bits per heavy atom.